The Morgan fingerprint density at radius 1 is 1.14 bits per heavy atom. The first-order valence-electron chi connectivity index (χ1n) is 7.47. The molecule has 1 aromatic heterocycles. The van der Waals surface area contributed by atoms with E-state index in [0.717, 1.165) is 24.2 Å². The molecule has 0 radical (unpaired) electrons. The summed E-state index contributed by atoms with van der Waals surface area (Å²) in [5.74, 6) is 1.60. The van der Waals surface area contributed by atoms with Crippen LogP contribution in [0.15, 0.2) is 18.2 Å². The zero-order valence-electron chi connectivity index (χ0n) is 13.5. The first-order chi connectivity index (χ1) is 10.7. The summed E-state index contributed by atoms with van der Waals surface area (Å²) >= 11 is 0. The molecule has 1 heterocycles. The van der Waals surface area contributed by atoms with E-state index < -0.39 is 0 Å². The fraction of sp³-hybridized carbons (Fsp3) is 0.500. The van der Waals surface area contributed by atoms with Crippen molar-refractivity contribution in [2.45, 2.75) is 39.2 Å². The number of aromatic nitrogens is 3. The highest BCUT2D eigenvalue weighted by Crippen LogP contribution is 2.32. The Labute approximate surface area is 130 Å². The van der Waals surface area contributed by atoms with Crippen LogP contribution in [0, 0.1) is 0 Å². The van der Waals surface area contributed by atoms with Crippen molar-refractivity contribution in [3.63, 3.8) is 0 Å². The molecule has 120 valence electrons. The molecule has 2 aromatic rings. The summed E-state index contributed by atoms with van der Waals surface area (Å²) in [5, 5.41) is 17.9. The third kappa shape index (κ3) is 2.92. The van der Waals surface area contributed by atoms with Crippen molar-refractivity contribution in [1.29, 1.82) is 0 Å². The lowest BCUT2D eigenvalue weighted by molar-refractivity contribution is 0.274. The normalized spacial score (nSPS) is 11.0. The van der Waals surface area contributed by atoms with E-state index in [-0.39, 0.29) is 6.61 Å². The Hall–Kier alpha value is -2.08. The molecule has 0 saturated heterocycles. The van der Waals surface area contributed by atoms with Gasteiger partial charge in [0.15, 0.2) is 11.5 Å². The van der Waals surface area contributed by atoms with Gasteiger partial charge in [-0.1, -0.05) is 19.1 Å². The summed E-state index contributed by atoms with van der Waals surface area (Å²) in [6.07, 6.45) is 1.92. The van der Waals surface area contributed by atoms with Gasteiger partial charge in [-0.15, -0.1) is 5.10 Å². The second-order valence-corrected chi connectivity index (χ2v) is 5.04. The third-order valence-electron chi connectivity index (χ3n) is 3.91. The first kappa shape index (κ1) is 16.3. The predicted octanol–water partition coefficient (Wildman–Crippen LogP) is 2.68. The van der Waals surface area contributed by atoms with Crippen LogP contribution in [-0.4, -0.2) is 34.3 Å². The van der Waals surface area contributed by atoms with Crippen LogP contribution >= 0.6 is 0 Å². The molecule has 1 aromatic carbocycles. The Kier molecular flexibility index (Phi) is 5.38. The van der Waals surface area contributed by atoms with Crippen molar-refractivity contribution >= 4 is 0 Å². The van der Waals surface area contributed by atoms with Crippen LogP contribution in [0.5, 0.6) is 11.5 Å². The highest BCUT2D eigenvalue weighted by atomic mass is 16.5. The molecule has 0 aliphatic heterocycles. The fourth-order valence-electron chi connectivity index (χ4n) is 2.66. The molecule has 2 rings (SSSR count). The minimum atomic E-state index is -0.112. The van der Waals surface area contributed by atoms with E-state index in [1.54, 1.807) is 18.9 Å². The maximum absolute atomic E-state index is 9.54. The van der Waals surface area contributed by atoms with Crippen LogP contribution in [-0.2, 0) is 6.61 Å². The van der Waals surface area contributed by atoms with Crippen molar-refractivity contribution < 1.29 is 14.6 Å². The molecule has 0 unspecified atom stereocenters. The Bertz CT molecular complexity index is 621. The minimum absolute atomic E-state index is 0.112. The number of aliphatic hydroxyl groups is 1. The number of hydrogen-bond acceptors (Lipinski definition) is 5. The maximum Gasteiger partial charge on any atom is 0.162 e. The number of benzene rings is 1. The van der Waals surface area contributed by atoms with E-state index in [2.05, 4.69) is 24.2 Å². The van der Waals surface area contributed by atoms with Crippen LogP contribution < -0.4 is 9.47 Å². The van der Waals surface area contributed by atoms with Gasteiger partial charge in [-0.05, 0) is 25.0 Å². The Morgan fingerprint density at radius 2 is 1.82 bits per heavy atom. The molecule has 22 heavy (non-hydrogen) atoms. The van der Waals surface area contributed by atoms with Gasteiger partial charge in [0.25, 0.3) is 0 Å². The van der Waals surface area contributed by atoms with Crippen molar-refractivity contribution in [3.05, 3.63) is 29.6 Å². The molecule has 0 bridgehead atoms. The lowest BCUT2D eigenvalue weighted by Gasteiger charge is -2.16. The van der Waals surface area contributed by atoms with Gasteiger partial charge >= 0.3 is 0 Å². The number of methoxy groups -OCH3 is 2. The molecule has 0 amide bonds. The average molecular weight is 305 g/mol. The van der Waals surface area contributed by atoms with Crippen molar-refractivity contribution in [2.75, 3.05) is 14.2 Å². The smallest absolute Gasteiger partial charge is 0.162 e. The monoisotopic (exact) mass is 305 g/mol. The van der Waals surface area contributed by atoms with E-state index in [0.29, 0.717) is 23.1 Å². The van der Waals surface area contributed by atoms with E-state index in [9.17, 15) is 5.11 Å². The number of ether oxygens (including phenoxy) is 2. The van der Waals surface area contributed by atoms with Crippen molar-refractivity contribution in [1.82, 2.24) is 15.0 Å². The molecule has 0 spiro atoms. The maximum atomic E-state index is 9.54. The first-order valence-corrected chi connectivity index (χ1v) is 7.47. The molecule has 1 N–H and O–H groups in total. The summed E-state index contributed by atoms with van der Waals surface area (Å²) in [7, 11) is 3.20. The summed E-state index contributed by atoms with van der Waals surface area (Å²) in [4.78, 5) is 0. The highest BCUT2D eigenvalue weighted by molar-refractivity contribution is 5.49. The van der Waals surface area contributed by atoms with E-state index in [1.807, 2.05) is 18.2 Å². The summed E-state index contributed by atoms with van der Waals surface area (Å²) in [5.41, 5.74) is 2.43. The minimum Gasteiger partial charge on any atom is -0.493 e. The fourth-order valence-corrected chi connectivity index (χ4v) is 2.66. The van der Waals surface area contributed by atoms with Crippen LogP contribution in [0.25, 0.3) is 5.69 Å². The lowest BCUT2D eigenvalue weighted by Crippen LogP contribution is -2.09. The average Bonchev–Trinajstić information content (AvgIpc) is 2.99. The molecule has 0 atom stereocenters. The van der Waals surface area contributed by atoms with Gasteiger partial charge in [0.05, 0.1) is 32.2 Å². The summed E-state index contributed by atoms with van der Waals surface area (Å²) in [6.45, 7) is 4.14. The van der Waals surface area contributed by atoms with Gasteiger partial charge in [-0.25, -0.2) is 4.68 Å². The SMILES string of the molecule is CCC(CC)c1c(CO)nnn1-c1ccc(OC)c(OC)c1. The van der Waals surface area contributed by atoms with Crippen LogP contribution in [0.2, 0.25) is 0 Å². The topological polar surface area (TPSA) is 69.4 Å². The van der Waals surface area contributed by atoms with Gasteiger partial charge in [-0.2, -0.15) is 0 Å². The van der Waals surface area contributed by atoms with Gasteiger partial charge in [-0.3, -0.25) is 0 Å². The quantitative estimate of drug-likeness (QED) is 0.851. The summed E-state index contributed by atoms with van der Waals surface area (Å²) in [6, 6.07) is 5.61. The van der Waals surface area contributed by atoms with E-state index in [4.69, 9.17) is 9.47 Å². The van der Waals surface area contributed by atoms with Crippen molar-refractivity contribution in [3.8, 4) is 17.2 Å². The van der Waals surface area contributed by atoms with Crippen LogP contribution in [0.1, 0.15) is 44.0 Å². The standard InChI is InChI=1S/C16H23N3O3/c1-5-11(6-2)16-13(10-20)17-18-19(16)12-7-8-14(21-3)15(9-12)22-4/h7-9,11,20H,5-6,10H2,1-4H3. The molecule has 6 nitrogen and oxygen atoms in total. The molecular formula is C16H23N3O3. The molecule has 0 saturated carbocycles. The molecule has 6 heteroatoms. The third-order valence-corrected chi connectivity index (χ3v) is 3.91. The second kappa shape index (κ2) is 7.26. The number of hydrogen-bond donors (Lipinski definition) is 1. The summed E-state index contributed by atoms with van der Waals surface area (Å²) < 4.78 is 12.4. The largest absolute Gasteiger partial charge is 0.493 e. The Balaban J connectivity index is 2.55. The molecular weight excluding hydrogens is 282 g/mol. The number of nitrogens with zero attached hydrogens (tertiary/aromatic N) is 3. The zero-order valence-corrected chi connectivity index (χ0v) is 13.5. The Morgan fingerprint density at radius 3 is 2.36 bits per heavy atom. The molecule has 0 aliphatic carbocycles. The van der Waals surface area contributed by atoms with E-state index >= 15 is 0 Å². The van der Waals surface area contributed by atoms with Gasteiger partial charge in [0.2, 0.25) is 0 Å². The van der Waals surface area contributed by atoms with Gasteiger partial charge < -0.3 is 14.6 Å². The van der Waals surface area contributed by atoms with E-state index in [1.165, 1.54) is 0 Å². The van der Waals surface area contributed by atoms with Crippen LogP contribution in [0.4, 0.5) is 0 Å². The molecule has 0 fully saturated rings. The number of aliphatic hydroxyl groups excluding tert-OH is 1. The lowest BCUT2D eigenvalue weighted by atomic mass is 9.97. The molecule has 0 aliphatic rings. The predicted molar refractivity (Wildman–Crippen MR) is 83.7 cm³/mol. The second-order valence-electron chi connectivity index (χ2n) is 5.04. The number of rotatable bonds is 7. The van der Waals surface area contributed by atoms with Crippen LogP contribution in [0.3, 0.4) is 0 Å². The zero-order chi connectivity index (χ0) is 16.1. The van der Waals surface area contributed by atoms with Gasteiger partial charge in [0, 0.05) is 12.0 Å². The van der Waals surface area contributed by atoms with Crippen molar-refractivity contribution in [2.24, 2.45) is 0 Å². The van der Waals surface area contributed by atoms with Gasteiger partial charge in [0.1, 0.15) is 5.69 Å². The highest BCUT2D eigenvalue weighted by Gasteiger charge is 2.21.